The first-order valence-corrected chi connectivity index (χ1v) is 13.2. The fourth-order valence-electron chi connectivity index (χ4n) is 3.56. The first kappa shape index (κ1) is 26.3. The molecule has 1 atom stereocenters. The number of rotatable bonds is 10. The van der Waals surface area contributed by atoms with Gasteiger partial charge in [-0.05, 0) is 68.4 Å². The average molecular weight is 538 g/mol. The zero-order chi connectivity index (χ0) is 26.4. The monoisotopic (exact) mass is 537 g/mol. The van der Waals surface area contributed by atoms with Gasteiger partial charge in [-0.15, -0.1) is 11.8 Å². The van der Waals surface area contributed by atoms with Crippen molar-refractivity contribution in [2.45, 2.75) is 24.0 Å². The van der Waals surface area contributed by atoms with Gasteiger partial charge in [0.15, 0.2) is 5.13 Å². The predicted molar refractivity (Wildman–Crippen MR) is 149 cm³/mol. The van der Waals surface area contributed by atoms with Crippen LogP contribution in [-0.2, 0) is 4.79 Å². The van der Waals surface area contributed by atoms with Gasteiger partial charge < -0.3 is 24.8 Å². The van der Waals surface area contributed by atoms with Gasteiger partial charge in [-0.25, -0.2) is 4.98 Å². The number of ether oxygens (including phenoxy) is 3. The maximum absolute atomic E-state index is 12.9. The molecule has 10 heteroatoms. The minimum Gasteiger partial charge on any atom is -0.496 e. The lowest BCUT2D eigenvalue weighted by Crippen LogP contribution is -2.22. The van der Waals surface area contributed by atoms with E-state index in [1.54, 1.807) is 30.3 Å². The number of methoxy groups -OCH3 is 2. The predicted octanol–water partition coefficient (Wildman–Crippen LogP) is 6.08. The molecular formula is C27H27N3O5S2. The Kier molecular flexibility index (Phi) is 8.52. The van der Waals surface area contributed by atoms with E-state index >= 15 is 0 Å². The molecule has 8 nitrogen and oxygen atoms in total. The number of hydrogen-bond acceptors (Lipinski definition) is 8. The number of hydrogen-bond donors (Lipinski definition) is 2. The molecule has 4 rings (SSSR count). The van der Waals surface area contributed by atoms with Crippen LogP contribution in [0, 0.1) is 0 Å². The van der Waals surface area contributed by atoms with E-state index in [1.165, 1.54) is 37.3 Å². The van der Waals surface area contributed by atoms with E-state index in [-0.39, 0.29) is 17.1 Å². The SMILES string of the molecule is CCOc1ccc2nc(NC(=O)C(C)Sc3ccc(NC(=O)c4c(OC)cccc4OC)cc3)sc2c1. The fraction of sp³-hybridized carbons (Fsp3) is 0.222. The van der Waals surface area contributed by atoms with Crippen LogP contribution < -0.4 is 24.8 Å². The number of benzene rings is 3. The van der Waals surface area contributed by atoms with Gasteiger partial charge in [0.2, 0.25) is 5.91 Å². The number of fused-ring (bicyclic) bond motifs is 1. The molecule has 0 bridgehead atoms. The van der Waals surface area contributed by atoms with Crippen LogP contribution in [0.4, 0.5) is 10.8 Å². The molecule has 0 saturated heterocycles. The Bertz CT molecular complexity index is 1380. The van der Waals surface area contributed by atoms with Gasteiger partial charge in [0.05, 0.1) is 36.3 Å². The first-order chi connectivity index (χ1) is 17.9. The highest BCUT2D eigenvalue weighted by Crippen LogP contribution is 2.32. The molecule has 4 aromatic rings. The molecule has 192 valence electrons. The average Bonchev–Trinajstić information content (AvgIpc) is 3.30. The van der Waals surface area contributed by atoms with Crippen molar-refractivity contribution in [2.24, 2.45) is 0 Å². The Hall–Kier alpha value is -3.76. The van der Waals surface area contributed by atoms with Crippen molar-refractivity contribution in [1.82, 2.24) is 4.98 Å². The number of carbonyl (C=O) groups excluding carboxylic acids is 2. The van der Waals surface area contributed by atoms with Crippen molar-refractivity contribution in [2.75, 3.05) is 31.5 Å². The summed E-state index contributed by atoms with van der Waals surface area (Å²) in [5.74, 6) is 1.14. The first-order valence-electron chi connectivity index (χ1n) is 11.5. The lowest BCUT2D eigenvalue weighted by molar-refractivity contribution is -0.115. The van der Waals surface area contributed by atoms with Crippen LogP contribution in [0.1, 0.15) is 24.2 Å². The number of carbonyl (C=O) groups is 2. The summed E-state index contributed by atoms with van der Waals surface area (Å²) in [5.41, 5.74) is 1.74. The van der Waals surface area contributed by atoms with Gasteiger partial charge in [-0.2, -0.15) is 0 Å². The van der Waals surface area contributed by atoms with Crippen molar-refractivity contribution in [1.29, 1.82) is 0 Å². The van der Waals surface area contributed by atoms with Crippen LogP contribution >= 0.6 is 23.1 Å². The molecule has 1 heterocycles. The third-order valence-corrected chi connectivity index (χ3v) is 7.40. The number of amides is 2. The van der Waals surface area contributed by atoms with Crippen molar-refractivity contribution < 1.29 is 23.8 Å². The minimum atomic E-state index is -0.357. The fourth-order valence-corrected chi connectivity index (χ4v) is 5.33. The molecule has 2 amide bonds. The summed E-state index contributed by atoms with van der Waals surface area (Å²) < 4.78 is 17.1. The van der Waals surface area contributed by atoms with Gasteiger partial charge in [0, 0.05) is 10.6 Å². The highest BCUT2D eigenvalue weighted by Gasteiger charge is 2.19. The van der Waals surface area contributed by atoms with Crippen LogP contribution in [-0.4, -0.2) is 42.9 Å². The topological polar surface area (TPSA) is 98.8 Å². The summed E-state index contributed by atoms with van der Waals surface area (Å²) in [5, 5.41) is 5.96. The Morgan fingerprint density at radius 2 is 1.70 bits per heavy atom. The molecule has 0 fully saturated rings. The van der Waals surface area contributed by atoms with E-state index in [4.69, 9.17) is 14.2 Å². The molecule has 3 aromatic carbocycles. The van der Waals surface area contributed by atoms with E-state index in [0.29, 0.717) is 34.5 Å². The number of thioether (sulfide) groups is 1. The van der Waals surface area contributed by atoms with Crippen LogP contribution in [0.2, 0.25) is 0 Å². The second-order valence-corrected chi connectivity index (χ2v) is 10.3. The number of nitrogens with one attached hydrogen (secondary N) is 2. The van der Waals surface area contributed by atoms with Crippen molar-refractivity contribution in [3.05, 3.63) is 66.2 Å². The highest BCUT2D eigenvalue weighted by molar-refractivity contribution is 8.00. The number of thiazole rings is 1. The highest BCUT2D eigenvalue weighted by atomic mass is 32.2. The summed E-state index contributed by atoms with van der Waals surface area (Å²) in [4.78, 5) is 31.0. The quantitative estimate of drug-likeness (QED) is 0.236. The van der Waals surface area contributed by atoms with Crippen molar-refractivity contribution >= 4 is 55.9 Å². The van der Waals surface area contributed by atoms with Gasteiger partial charge in [-0.3, -0.25) is 9.59 Å². The van der Waals surface area contributed by atoms with Crippen LogP contribution in [0.25, 0.3) is 10.2 Å². The smallest absolute Gasteiger partial charge is 0.263 e. The van der Waals surface area contributed by atoms with Crippen molar-refractivity contribution in [3.8, 4) is 17.2 Å². The van der Waals surface area contributed by atoms with Crippen LogP contribution in [0.15, 0.2) is 65.6 Å². The molecule has 1 aromatic heterocycles. The second kappa shape index (κ2) is 12.0. The van der Waals surface area contributed by atoms with E-state index in [0.717, 1.165) is 20.9 Å². The zero-order valence-corrected chi connectivity index (χ0v) is 22.5. The summed E-state index contributed by atoms with van der Waals surface area (Å²) in [6.07, 6.45) is 0. The molecule has 0 spiro atoms. The maximum atomic E-state index is 12.9. The molecule has 1 unspecified atom stereocenters. The number of nitrogens with zero attached hydrogens (tertiary/aromatic N) is 1. The standard InChI is InChI=1S/C27H27N3O5S2/c1-5-35-18-11-14-20-23(15-18)37-27(29-20)30-25(31)16(2)36-19-12-9-17(10-13-19)28-26(32)24-21(33-3)7-6-8-22(24)34-4/h6-16H,5H2,1-4H3,(H,28,32)(H,29,30,31). The maximum Gasteiger partial charge on any atom is 0.263 e. The molecule has 0 aliphatic rings. The third kappa shape index (κ3) is 6.33. The Labute approximate surface area is 223 Å². The largest absolute Gasteiger partial charge is 0.496 e. The van der Waals surface area contributed by atoms with E-state index in [2.05, 4.69) is 15.6 Å². The van der Waals surface area contributed by atoms with Gasteiger partial charge in [0.25, 0.3) is 5.91 Å². The van der Waals surface area contributed by atoms with E-state index in [1.807, 2.05) is 44.2 Å². The Balaban J connectivity index is 1.37. The number of aromatic nitrogens is 1. The molecule has 0 radical (unpaired) electrons. The minimum absolute atomic E-state index is 0.144. The molecule has 0 aliphatic carbocycles. The molecule has 37 heavy (non-hydrogen) atoms. The zero-order valence-electron chi connectivity index (χ0n) is 20.9. The molecule has 2 N–H and O–H groups in total. The molecule has 0 saturated carbocycles. The summed E-state index contributed by atoms with van der Waals surface area (Å²) in [7, 11) is 3.01. The summed E-state index contributed by atoms with van der Waals surface area (Å²) >= 11 is 2.82. The van der Waals surface area contributed by atoms with E-state index < -0.39 is 0 Å². The molecule has 0 aliphatic heterocycles. The lowest BCUT2D eigenvalue weighted by Gasteiger charge is -2.14. The normalized spacial score (nSPS) is 11.6. The van der Waals surface area contributed by atoms with Crippen molar-refractivity contribution in [3.63, 3.8) is 0 Å². The van der Waals surface area contributed by atoms with E-state index in [9.17, 15) is 9.59 Å². The third-order valence-electron chi connectivity index (χ3n) is 5.35. The van der Waals surface area contributed by atoms with Gasteiger partial charge in [0.1, 0.15) is 22.8 Å². The summed E-state index contributed by atoms with van der Waals surface area (Å²) in [6, 6.07) is 18.1. The Morgan fingerprint density at radius 1 is 1.00 bits per heavy atom. The summed E-state index contributed by atoms with van der Waals surface area (Å²) in [6.45, 7) is 4.36. The Morgan fingerprint density at radius 3 is 2.35 bits per heavy atom. The number of anilines is 2. The van der Waals surface area contributed by atoms with Crippen LogP contribution in [0.5, 0.6) is 17.2 Å². The van der Waals surface area contributed by atoms with Crippen LogP contribution in [0.3, 0.4) is 0 Å². The lowest BCUT2D eigenvalue weighted by atomic mass is 10.1. The van der Waals surface area contributed by atoms with Gasteiger partial charge >= 0.3 is 0 Å². The van der Waals surface area contributed by atoms with Gasteiger partial charge in [-0.1, -0.05) is 17.4 Å². The molecular weight excluding hydrogens is 510 g/mol. The second-order valence-electron chi connectivity index (χ2n) is 7.85.